The predicted octanol–water partition coefficient (Wildman–Crippen LogP) is 2.04. The molecule has 1 unspecified atom stereocenters. The molecular weight excluding hydrogens is 174 g/mol. The summed E-state index contributed by atoms with van der Waals surface area (Å²) < 4.78 is 0. The average molecular weight is 189 g/mol. The molecule has 2 heteroatoms. The van der Waals surface area contributed by atoms with Crippen LogP contribution in [0.3, 0.4) is 0 Å². The van der Waals surface area contributed by atoms with E-state index in [4.69, 9.17) is 0 Å². The normalized spacial score (nSPS) is 18.4. The van der Waals surface area contributed by atoms with Crippen LogP contribution in [0.5, 0.6) is 0 Å². The first kappa shape index (κ1) is 9.25. The van der Waals surface area contributed by atoms with Crippen molar-refractivity contribution >= 4 is 5.91 Å². The van der Waals surface area contributed by atoms with Crippen molar-refractivity contribution in [1.82, 2.24) is 5.32 Å². The van der Waals surface area contributed by atoms with Gasteiger partial charge in [0.25, 0.3) is 0 Å². The number of carbonyl (C=O) groups is 1. The molecule has 1 amide bonds. The lowest BCUT2D eigenvalue weighted by Crippen LogP contribution is -2.35. The minimum absolute atomic E-state index is 0.0561. The van der Waals surface area contributed by atoms with Gasteiger partial charge in [-0.25, -0.2) is 0 Å². The molecule has 0 saturated heterocycles. The maximum absolute atomic E-state index is 10.9. The highest BCUT2D eigenvalue weighted by molar-refractivity contribution is 5.74. The van der Waals surface area contributed by atoms with Crippen molar-refractivity contribution in [3.8, 4) is 0 Å². The molecule has 0 fully saturated rings. The molecule has 1 atom stereocenters. The molecule has 0 saturated carbocycles. The van der Waals surface area contributed by atoms with E-state index < -0.39 is 0 Å². The van der Waals surface area contributed by atoms with Crippen LogP contribution in [0.15, 0.2) is 12.1 Å². The third kappa shape index (κ3) is 1.41. The van der Waals surface area contributed by atoms with Gasteiger partial charge in [-0.2, -0.15) is 0 Å². The number of amides is 1. The van der Waals surface area contributed by atoms with E-state index in [0.29, 0.717) is 0 Å². The van der Waals surface area contributed by atoms with E-state index in [0.717, 1.165) is 6.42 Å². The van der Waals surface area contributed by atoms with E-state index >= 15 is 0 Å². The van der Waals surface area contributed by atoms with Gasteiger partial charge < -0.3 is 5.32 Å². The minimum atomic E-state index is 0.0561. The number of aryl methyl sites for hydroxylation is 2. The highest BCUT2D eigenvalue weighted by Crippen LogP contribution is 2.36. The van der Waals surface area contributed by atoms with Gasteiger partial charge in [0.15, 0.2) is 0 Å². The van der Waals surface area contributed by atoms with E-state index in [1.165, 1.54) is 22.3 Å². The maximum atomic E-state index is 10.9. The fourth-order valence-electron chi connectivity index (χ4n) is 2.29. The highest BCUT2D eigenvalue weighted by atomic mass is 16.1. The molecule has 0 bridgehead atoms. The summed E-state index contributed by atoms with van der Waals surface area (Å²) in [4.78, 5) is 10.9. The summed E-state index contributed by atoms with van der Waals surface area (Å²) in [5, 5.41) is 2.96. The first-order valence-corrected chi connectivity index (χ1v) is 4.95. The Morgan fingerprint density at radius 3 is 2.71 bits per heavy atom. The standard InChI is InChI=1S/C12H15NO/c1-7-4-8(2)12-10(5-7)6-11(12)13-9(3)14/h4-5,11H,6H2,1-3H3,(H,13,14). The lowest BCUT2D eigenvalue weighted by molar-refractivity contribution is -0.119. The van der Waals surface area contributed by atoms with Crippen LogP contribution in [0.1, 0.15) is 35.2 Å². The molecule has 0 aromatic heterocycles. The van der Waals surface area contributed by atoms with Crippen molar-refractivity contribution in [3.05, 3.63) is 34.4 Å². The van der Waals surface area contributed by atoms with Crippen LogP contribution in [0.4, 0.5) is 0 Å². The van der Waals surface area contributed by atoms with Crippen LogP contribution >= 0.6 is 0 Å². The van der Waals surface area contributed by atoms with Gasteiger partial charge in [-0.05, 0) is 37.0 Å². The molecule has 0 radical (unpaired) electrons. The first-order valence-electron chi connectivity index (χ1n) is 4.95. The maximum Gasteiger partial charge on any atom is 0.217 e. The summed E-state index contributed by atoms with van der Waals surface area (Å²) in [5.41, 5.74) is 5.32. The molecular formula is C12H15NO. The number of rotatable bonds is 1. The average Bonchev–Trinajstić information content (AvgIpc) is 1.98. The van der Waals surface area contributed by atoms with Crippen LogP contribution < -0.4 is 5.32 Å². The Hall–Kier alpha value is -1.31. The van der Waals surface area contributed by atoms with Gasteiger partial charge in [-0.3, -0.25) is 4.79 Å². The Balaban J connectivity index is 2.29. The Bertz CT molecular complexity index is 378. The van der Waals surface area contributed by atoms with E-state index in [9.17, 15) is 4.79 Å². The van der Waals surface area contributed by atoms with Crippen molar-refractivity contribution in [2.45, 2.75) is 33.2 Å². The lowest BCUT2D eigenvalue weighted by Gasteiger charge is -2.32. The molecule has 1 N–H and O–H groups in total. The number of benzene rings is 1. The van der Waals surface area contributed by atoms with Crippen molar-refractivity contribution in [1.29, 1.82) is 0 Å². The fourth-order valence-corrected chi connectivity index (χ4v) is 2.29. The number of nitrogens with one attached hydrogen (secondary N) is 1. The fraction of sp³-hybridized carbons (Fsp3) is 0.417. The molecule has 0 spiro atoms. The van der Waals surface area contributed by atoms with Crippen LogP contribution in [0.2, 0.25) is 0 Å². The molecule has 1 aliphatic rings. The zero-order chi connectivity index (χ0) is 10.3. The third-order valence-corrected chi connectivity index (χ3v) is 2.77. The molecule has 14 heavy (non-hydrogen) atoms. The van der Waals surface area contributed by atoms with Crippen LogP contribution in [0, 0.1) is 13.8 Å². The summed E-state index contributed by atoms with van der Waals surface area (Å²) >= 11 is 0. The molecule has 1 aromatic carbocycles. The molecule has 0 heterocycles. The van der Waals surface area contributed by atoms with Crippen molar-refractivity contribution in [2.75, 3.05) is 0 Å². The minimum Gasteiger partial charge on any atom is -0.349 e. The van der Waals surface area contributed by atoms with Crippen molar-refractivity contribution in [3.63, 3.8) is 0 Å². The number of carbonyl (C=O) groups excluding carboxylic acids is 1. The van der Waals surface area contributed by atoms with Gasteiger partial charge in [-0.1, -0.05) is 17.7 Å². The second-order valence-electron chi connectivity index (χ2n) is 4.11. The Kier molecular flexibility index (Phi) is 2.06. The Morgan fingerprint density at radius 1 is 1.43 bits per heavy atom. The molecule has 74 valence electrons. The summed E-state index contributed by atoms with van der Waals surface area (Å²) in [6.45, 7) is 5.79. The van der Waals surface area contributed by atoms with Gasteiger partial charge in [0.2, 0.25) is 5.91 Å². The lowest BCUT2D eigenvalue weighted by atomic mass is 9.79. The largest absolute Gasteiger partial charge is 0.349 e. The van der Waals surface area contributed by atoms with E-state index in [1.54, 1.807) is 6.92 Å². The molecule has 1 aliphatic carbocycles. The summed E-state index contributed by atoms with van der Waals surface area (Å²) in [5.74, 6) is 0.0561. The predicted molar refractivity (Wildman–Crippen MR) is 56.2 cm³/mol. The molecule has 0 aliphatic heterocycles. The van der Waals surface area contributed by atoms with E-state index in [1.807, 2.05) is 0 Å². The van der Waals surface area contributed by atoms with Crippen molar-refractivity contribution < 1.29 is 4.79 Å². The van der Waals surface area contributed by atoms with Gasteiger partial charge >= 0.3 is 0 Å². The summed E-state index contributed by atoms with van der Waals surface area (Å²) in [6.07, 6.45) is 0.984. The highest BCUT2D eigenvalue weighted by Gasteiger charge is 2.28. The SMILES string of the molecule is CC(=O)NC1Cc2cc(C)cc(C)c21. The van der Waals surface area contributed by atoms with Crippen LogP contribution in [0.25, 0.3) is 0 Å². The smallest absolute Gasteiger partial charge is 0.217 e. The van der Waals surface area contributed by atoms with Gasteiger partial charge in [0, 0.05) is 6.92 Å². The van der Waals surface area contributed by atoms with Gasteiger partial charge in [-0.15, -0.1) is 0 Å². The summed E-state index contributed by atoms with van der Waals surface area (Å²) in [7, 11) is 0. The molecule has 2 rings (SSSR count). The summed E-state index contributed by atoms with van der Waals surface area (Å²) in [6, 6.07) is 4.64. The molecule has 1 aromatic rings. The zero-order valence-corrected chi connectivity index (χ0v) is 8.85. The van der Waals surface area contributed by atoms with Crippen molar-refractivity contribution in [2.24, 2.45) is 0 Å². The second-order valence-corrected chi connectivity index (χ2v) is 4.11. The quantitative estimate of drug-likeness (QED) is 0.719. The number of fused-ring (bicyclic) bond motifs is 1. The zero-order valence-electron chi connectivity index (χ0n) is 8.85. The Morgan fingerprint density at radius 2 is 2.14 bits per heavy atom. The first-order chi connectivity index (χ1) is 6.58. The van der Waals surface area contributed by atoms with Gasteiger partial charge in [0.1, 0.15) is 0 Å². The third-order valence-electron chi connectivity index (χ3n) is 2.77. The molecule has 2 nitrogen and oxygen atoms in total. The topological polar surface area (TPSA) is 29.1 Å². The Labute approximate surface area is 84.3 Å². The number of hydrogen-bond donors (Lipinski definition) is 1. The second kappa shape index (κ2) is 3.12. The monoisotopic (exact) mass is 189 g/mol. The van der Waals surface area contributed by atoms with Crippen LogP contribution in [-0.2, 0) is 11.2 Å². The van der Waals surface area contributed by atoms with Crippen LogP contribution in [-0.4, -0.2) is 5.91 Å². The van der Waals surface area contributed by atoms with E-state index in [-0.39, 0.29) is 11.9 Å². The van der Waals surface area contributed by atoms with E-state index in [2.05, 4.69) is 31.3 Å². The van der Waals surface area contributed by atoms with Gasteiger partial charge in [0.05, 0.1) is 6.04 Å². The number of hydrogen-bond acceptors (Lipinski definition) is 1.